The molecule has 1 atom stereocenters. The van der Waals surface area contributed by atoms with Gasteiger partial charge in [-0.25, -0.2) is 4.79 Å². The Morgan fingerprint density at radius 3 is 2.88 bits per heavy atom. The van der Waals surface area contributed by atoms with E-state index in [-0.39, 0.29) is 12.2 Å². The number of likely N-dealkylation sites (tertiary alicyclic amines) is 1. The second-order valence-electron chi connectivity index (χ2n) is 6.96. The maximum absolute atomic E-state index is 12.1. The zero-order valence-electron chi connectivity index (χ0n) is 14.1. The Labute approximate surface area is 150 Å². The SMILES string of the molecule is CC(C)(C)OC(=O)N1CC[C@H](Oc2cncc3ccc(Br)cc23)C1. The number of carbonyl (C=O) groups is 1. The summed E-state index contributed by atoms with van der Waals surface area (Å²) in [6.45, 7) is 6.78. The van der Waals surface area contributed by atoms with Crippen LogP contribution in [-0.2, 0) is 4.74 Å². The molecule has 6 heteroatoms. The molecule has 1 fully saturated rings. The summed E-state index contributed by atoms with van der Waals surface area (Å²) in [5.74, 6) is 0.741. The van der Waals surface area contributed by atoms with Gasteiger partial charge in [-0.2, -0.15) is 0 Å². The van der Waals surface area contributed by atoms with Crippen molar-refractivity contribution in [2.45, 2.75) is 38.9 Å². The highest BCUT2D eigenvalue weighted by atomic mass is 79.9. The fraction of sp³-hybridized carbons (Fsp3) is 0.444. The van der Waals surface area contributed by atoms with E-state index in [0.717, 1.165) is 27.4 Å². The quantitative estimate of drug-likeness (QED) is 0.760. The molecule has 128 valence electrons. The second kappa shape index (κ2) is 6.59. The number of halogens is 1. The Morgan fingerprint density at radius 2 is 2.12 bits per heavy atom. The van der Waals surface area contributed by atoms with Crippen LogP contribution >= 0.6 is 15.9 Å². The minimum absolute atomic E-state index is 0.0519. The van der Waals surface area contributed by atoms with E-state index in [1.165, 1.54) is 0 Å². The smallest absolute Gasteiger partial charge is 0.410 e. The summed E-state index contributed by atoms with van der Waals surface area (Å²) in [6.07, 6.45) is 3.99. The van der Waals surface area contributed by atoms with Gasteiger partial charge in [-0.15, -0.1) is 0 Å². The van der Waals surface area contributed by atoms with Crippen LogP contribution in [0.2, 0.25) is 0 Å². The predicted octanol–water partition coefficient (Wildman–Crippen LogP) is 4.39. The molecule has 1 saturated heterocycles. The lowest BCUT2D eigenvalue weighted by Crippen LogP contribution is -2.36. The molecular weight excluding hydrogens is 372 g/mol. The summed E-state index contributed by atoms with van der Waals surface area (Å²) in [7, 11) is 0. The maximum atomic E-state index is 12.1. The molecule has 2 aromatic rings. The third kappa shape index (κ3) is 3.98. The van der Waals surface area contributed by atoms with Crippen molar-refractivity contribution in [1.29, 1.82) is 0 Å². The topological polar surface area (TPSA) is 51.7 Å². The number of ether oxygens (including phenoxy) is 2. The van der Waals surface area contributed by atoms with E-state index in [1.807, 2.05) is 45.2 Å². The molecule has 2 heterocycles. The van der Waals surface area contributed by atoms with Crippen LogP contribution in [-0.4, -0.2) is 40.8 Å². The van der Waals surface area contributed by atoms with Gasteiger partial charge in [0.2, 0.25) is 0 Å². The Bertz CT molecular complexity index is 758. The molecule has 1 aliphatic heterocycles. The van der Waals surface area contributed by atoms with E-state index in [9.17, 15) is 4.79 Å². The molecule has 3 rings (SSSR count). The molecule has 0 N–H and O–H groups in total. The summed E-state index contributed by atoms with van der Waals surface area (Å²) in [5, 5.41) is 2.03. The van der Waals surface area contributed by atoms with E-state index in [0.29, 0.717) is 13.1 Å². The third-order valence-corrected chi connectivity index (χ3v) is 4.27. The van der Waals surface area contributed by atoms with Gasteiger partial charge in [0.15, 0.2) is 0 Å². The molecule has 5 nitrogen and oxygen atoms in total. The molecule has 0 bridgehead atoms. The fourth-order valence-electron chi connectivity index (χ4n) is 2.70. The number of benzene rings is 1. The van der Waals surface area contributed by atoms with Gasteiger partial charge >= 0.3 is 6.09 Å². The van der Waals surface area contributed by atoms with Gasteiger partial charge in [0.1, 0.15) is 17.5 Å². The first-order valence-electron chi connectivity index (χ1n) is 8.00. The van der Waals surface area contributed by atoms with Crippen molar-refractivity contribution in [1.82, 2.24) is 9.88 Å². The molecule has 1 aromatic heterocycles. The van der Waals surface area contributed by atoms with Crippen molar-refractivity contribution in [3.63, 3.8) is 0 Å². The first kappa shape index (κ1) is 17.0. The van der Waals surface area contributed by atoms with E-state index >= 15 is 0 Å². The maximum Gasteiger partial charge on any atom is 0.410 e. The van der Waals surface area contributed by atoms with Crippen LogP contribution < -0.4 is 4.74 Å². The standard InChI is InChI=1S/C18H21BrN2O3/c1-18(2,3)24-17(22)21-7-6-14(11-21)23-16-10-20-9-12-4-5-13(19)8-15(12)16/h4-5,8-10,14H,6-7,11H2,1-3H3/t14-/m0/s1. The van der Waals surface area contributed by atoms with Crippen molar-refractivity contribution < 1.29 is 14.3 Å². The van der Waals surface area contributed by atoms with Crippen LogP contribution in [0.25, 0.3) is 10.8 Å². The van der Waals surface area contributed by atoms with Gasteiger partial charge in [0.05, 0.1) is 12.7 Å². The lowest BCUT2D eigenvalue weighted by Gasteiger charge is -2.24. The lowest BCUT2D eigenvalue weighted by atomic mass is 10.1. The van der Waals surface area contributed by atoms with Crippen LogP contribution in [0.4, 0.5) is 4.79 Å². The first-order valence-corrected chi connectivity index (χ1v) is 8.79. The van der Waals surface area contributed by atoms with Crippen molar-refractivity contribution in [2.24, 2.45) is 0 Å². The lowest BCUT2D eigenvalue weighted by molar-refractivity contribution is 0.0276. The molecule has 1 amide bonds. The van der Waals surface area contributed by atoms with E-state index in [4.69, 9.17) is 9.47 Å². The fourth-order valence-corrected chi connectivity index (χ4v) is 3.06. The van der Waals surface area contributed by atoms with Gasteiger partial charge in [-0.05, 0) is 32.9 Å². The highest BCUT2D eigenvalue weighted by Crippen LogP contribution is 2.29. The number of hydrogen-bond donors (Lipinski definition) is 0. The molecule has 0 spiro atoms. The number of hydrogen-bond acceptors (Lipinski definition) is 4. The van der Waals surface area contributed by atoms with E-state index in [1.54, 1.807) is 11.1 Å². The van der Waals surface area contributed by atoms with Crippen molar-refractivity contribution in [3.05, 3.63) is 35.1 Å². The van der Waals surface area contributed by atoms with Gasteiger partial charge < -0.3 is 14.4 Å². The number of carbonyl (C=O) groups excluding carboxylic acids is 1. The molecule has 24 heavy (non-hydrogen) atoms. The van der Waals surface area contributed by atoms with E-state index in [2.05, 4.69) is 20.9 Å². The second-order valence-corrected chi connectivity index (χ2v) is 7.87. The minimum Gasteiger partial charge on any atom is -0.486 e. The zero-order valence-corrected chi connectivity index (χ0v) is 15.7. The summed E-state index contributed by atoms with van der Waals surface area (Å²) in [6, 6.07) is 6.00. The molecule has 1 aliphatic rings. The Morgan fingerprint density at radius 1 is 1.33 bits per heavy atom. The average Bonchev–Trinajstić information content (AvgIpc) is 2.95. The minimum atomic E-state index is -0.484. The molecule has 0 saturated carbocycles. The van der Waals surface area contributed by atoms with Gasteiger partial charge in [0.25, 0.3) is 0 Å². The first-order chi connectivity index (χ1) is 11.3. The average molecular weight is 393 g/mol. The molecule has 0 unspecified atom stereocenters. The Balaban J connectivity index is 1.70. The summed E-state index contributed by atoms with van der Waals surface area (Å²) in [5.41, 5.74) is -0.484. The van der Waals surface area contributed by atoms with Crippen LogP contribution in [0.3, 0.4) is 0 Å². The van der Waals surface area contributed by atoms with Crippen molar-refractivity contribution in [3.8, 4) is 5.75 Å². The van der Waals surface area contributed by atoms with Crippen LogP contribution in [0, 0.1) is 0 Å². The number of pyridine rings is 1. The highest BCUT2D eigenvalue weighted by molar-refractivity contribution is 9.10. The largest absolute Gasteiger partial charge is 0.486 e. The molecular formula is C18H21BrN2O3. The molecule has 0 radical (unpaired) electrons. The van der Waals surface area contributed by atoms with Crippen LogP contribution in [0.15, 0.2) is 35.1 Å². The highest BCUT2D eigenvalue weighted by Gasteiger charge is 2.31. The summed E-state index contributed by atoms with van der Waals surface area (Å²) < 4.78 is 12.5. The van der Waals surface area contributed by atoms with Gasteiger partial charge in [-0.1, -0.05) is 22.0 Å². The Hall–Kier alpha value is -1.82. The number of fused-ring (bicyclic) bond motifs is 1. The zero-order chi connectivity index (χ0) is 17.3. The number of amides is 1. The molecule has 0 aliphatic carbocycles. The monoisotopic (exact) mass is 392 g/mol. The van der Waals surface area contributed by atoms with Crippen molar-refractivity contribution in [2.75, 3.05) is 13.1 Å². The number of aromatic nitrogens is 1. The Kier molecular flexibility index (Phi) is 4.67. The normalized spacial score (nSPS) is 18.0. The summed E-state index contributed by atoms with van der Waals surface area (Å²) in [4.78, 5) is 18.1. The van der Waals surface area contributed by atoms with Crippen LogP contribution in [0.5, 0.6) is 5.75 Å². The van der Waals surface area contributed by atoms with Crippen LogP contribution in [0.1, 0.15) is 27.2 Å². The van der Waals surface area contributed by atoms with E-state index < -0.39 is 5.60 Å². The number of nitrogens with zero attached hydrogens (tertiary/aromatic N) is 2. The predicted molar refractivity (Wildman–Crippen MR) is 96.3 cm³/mol. The van der Waals surface area contributed by atoms with Gasteiger partial charge in [0, 0.05) is 34.4 Å². The summed E-state index contributed by atoms with van der Waals surface area (Å²) >= 11 is 3.49. The molecule has 1 aromatic carbocycles. The number of rotatable bonds is 2. The third-order valence-electron chi connectivity index (χ3n) is 3.78. The van der Waals surface area contributed by atoms with Gasteiger partial charge in [-0.3, -0.25) is 4.98 Å². The van der Waals surface area contributed by atoms with Crippen molar-refractivity contribution >= 4 is 32.8 Å².